The molecule has 0 amide bonds. The van der Waals surface area contributed by atoms with E-state index in [1.165, 1.54) is 16.9 Å². The van der Waals surface area contributed by atoms with Gasteiger partial charge in [0.1, 0.15) is 0 Å². The van der Waals surface area contributed by atoms with Crippen molar-refractivity contribution in [3.05, 3.63) is 52.5 Å². The van der Waals surface area contributed by atoms with Crippen LogP contribution in [0, 0.1) is 0 Å². The molecule has 2 rings (SSSR count). The van der Waals surface area contributed by atoms with E-state index in [-0.39, 0.29) is 5.78 Å². The second-order valence-electron chi connectivity index (χ2n) is 5.04. The zero-order valence-corrected chi connectivity index (χ0v) is 14.5. The fourth-order valence-electron chi connectivity index (χ4n) is 2.31. The Bertz CT molecular complexity index is 621. The second kappa shape index (κ2) is 8.15. The fraction of sp³-hybridized carbons (Fsp3) is 0.353. The summed E-state index contributed by atoms with van der Waals surface area (Å²) in [5.41, 5.74) is 1.27. The van der Waals surface area contributed by atoms with Gasteiger partial charge in [-0.15, -0.1) is 11.3 Å². The van der Waals surface area contributed by atoms with Crippen LogP contribution in [-0.4, -0.2) is 17.3 Å². The number of carbonyl (C=O) groups is 1. The molecule has 0 aromatic carbocycles. The first-order valence-electron chi connectivity index (χ1n) is 7.52. The maximum atomic E-state index is 12.8. The first kappa shape index (κ1) is 16.8. The summed E-state index contributed by atoms with van der Waals surface area (Å²) in [6.45, 7) is 4.85. The molecule has 2 aromatic heterocycles. The minimum atomic E-state index is -0.482. The van der Waals surface area contributed by atoms with Crippen molar-refractivity contribution in [2.45, 2.75) is 32.7 Å². The summed E-state index contributed by atoms with van der Waals surface area (Å²) in [7, 11) is 0. The molecule has 0 saturated carbocycles. The molecule has 0 aliphatic heterocycles. The number of rotatable bonds is 7. The van der Waals surface area contributed by atoms with Gasteiger partial charge in [-0.3, -0.25) is 4.79 Å². The Morgan fingerprint density at radius 2 is 2.05 bits per heavy atom. The van der Waals surface area contributed by atoms with Crippen molar-refractivity contribution >= 4 is 34.3 Å². The number of nitrogens with zero attached hydrogens (tertiary/aromatic N) is 1. The number of thiocarbonyl (C=S) groups is 1. The number of hydrogen-bond donors (Lipinski definition) is 1. The highest BCUT2D eigenvalue weighted by atomic mass is 32.1. The molecule has 5 heteroatoms. The lowest BCUT2D eigenvalue weighted by molar-refractivity contribution is -0.692. The number of carbonyl (C=O) groups excluding carboxylic acids is 1. The SMILES string of the molecule is CCCc1cc[n+]([C@H](C(=O)c2cccs2)C(=S)NCC)cc1. The van der Waals surface area contributed by atoms with Gasteiger partial charge in [0.25, 0.3) is 6.04 Å². The van der Waals surface area contributed by atoms with Crippen LogP contribution < -0.4 is 9.88 Å². The Kier molecular flexibility index (Phi) is 6.21. The van der Waals surface area contributed by atoms with E-state index < -0.39 is 6.04 Å². The van der Waals surface area contributed by atoms with Crippen LogP contribution in [0.25, 0.3) is 0 Å². The van der Waals surface area contributed by atoms with E-state index in [4.69, 9.17) is 12.2 Å². The highest BCUT2D eigenvalue weighted by Crippen LogP contribution is 2.16. The van der Waals surface area contributed by atoms with Gasteiger partial charge < -0.3 is 5.32 Å². The molecular weight excluding hydrogens is 312 g/mol. The van der Waals surface area contributed by atoms with Crippen molar-refractivity contribution in [2.75, 3.05) is 6.54 Å². The van der Waals surface area contributed by atoms with Gasteiger partial charge in [0.2, 0.25) is 5.78 Å². The van der Waals surface area contributed by atoms with Crippen molar-refractivity contribution in [3.63, 3.8) is 0 Å². The predicted octanol–water partition coefficient (Wildman–Crippen LogP) is 3.35. The topological polar surface area (TPSA) is 33.0 Å². The number of aryl methyl sites for hydroxylation is 1. The number of likely N-dealkylation sites (N-methyl/N-ethyl adjacent to an activating group) is 1. The Morgan fingerprint density at radius 1 is 1.32 bits per heavy atom. The first-order chi connectivity index (χ1) is 10.7. The molecule has 0 radical (unpaired) electrons. The van der Waals surface area contributed by atoms with Crippen molar-refractivity contribution in [2.24, 2.45) is 0 Å². The Balaban J connectivity index is 2.31. The summed E-state index contributed by atoms with van der Waals surface area (Å²) in [6, 6.07) is 7.38. The number of nitrogens with one attached hydrogen (secondary N) is 1. The first-order valence-corrected chi connectivity index (χ1v) is 8.81. The number of thiophene rings is 1. The van der Waals surface area contributed by atoms with E-state index in [9.17, 15) is 4.79 Å². The molecule has 0 saturated heterocycles. The zero-order chi connectivity index (χ0) is 15.9. The van der Waals surface area contributed by atoms with Crippen LogP contribution in [0.4, 0.5) is 0 Å². The van der Waals surface area contributed by atoms with E-state index in [0.717, 1.165) is 17.7 Å². The summed E-state index contributed by atoms with van der Waals surface area (Å²) in [6.07, 6.45) is 6.05. The molecule has 0 aliphatic rings. The fourth-order valence-corrected chi connectivity index (χ4v) is 3.37. The minimum Gasteiger partial charge on any atom is -0.374 e. The van der Waals surface area contributed by atoms with Gasteiger partial charge in [-0.1, -0.05) is 31.6 Å². The summed E-state index contributed by atoms with van der Waals surface area (Å²) < 4.78 is 1.90. The molecule has 3 nitrogen and oxygen atoms in total. The van der Waals surface area contributed by atoms with Crippen LogP contribution in [0.3, 0.4) is 0 Å². The lowest BCUT2D eigenvalue weighted by Crippen LogP contribution is -2.51. The van der Waals surface area contributed by atoms with Crippen LogP contribution >= 0.6 is 23.6 Å². The lowest BCUT2D eigenvalue weighted by atomic mass is 10.1. The molecule has 0 unspecified atom stereocenters. The van der Waals surface area contributed by atoms with E-state index in [2.05, 4.69) is 24.4 Å². The van der Waals surface area contributed by atoms with Gasteiger partial charge in [-0.25, -0.2) is 0 Å². The van der Waals surface area contributed by atoms with Gasteiger partial charge >= 0.3 is 0 Å². The largest absolute Gasteiger partial charge is 0.374 e. The smallest absolute Gasteiger partial charge is 0.271 e. The Hall–Kier alpha value is -1.59. The number of Topliss-reactive ketones (excluding diaryl/α,β-unsaturated/α-hetero) is 1. The third-order valence-corrected chi connectivity index (χ3v) is 4.62. The van der Waals surface area contributed by atoms with Gasteiger partial charge in [-0.05, 0) is 30.4 Å². The highest BCUT2D eigenvalue weighted by molar-refractivity contribution is 7.80. The average molecular weight is 334 g/mol. The Morgan fingerprint density at radius 3 is 2.59 bits per heavy atom. The van der Waals surface area contributed by atoms with Crippen molar-refractivity contribution < 1.29 is 9.36 Å². The molecule has 0 fully saturated rings. The molecule has 1 atom stereocenters. The minimum absolute atomic E-state index is 0.0363. The molecule has 2 heterocycles. The standard InChI is InChI=1S/C17H20N2OS2/c1-3-6-13-8-10-19(11-9-13)15(17(21)18-4-2)16(20)14-7-5-12-22-14/h5,7-12,15H,3-4,6H2,1-2H3/p+1/t15-/m1/s1. The quantitative estimate of drug-likeness (QED) is 0.479. The molecule has 0 spiro atoms. The number of ketones is 1. The maximum absolute atomic E-state index is 12.8. The van der Waals surface area contributed by atoms with Crippen LogP contribution in [-0.2, 0) is 6.42 Å². The van der Waals surface area contributed by atoms with Crippen LogP contribution in [0.1, 0.15) is 41.5 Å². The van der Waals surface area contributed by atoms with Crippen LogP contribution in [0.15, 0.2) is 42.0 Å². The Labute approximate surface area is 141 Å². The summed E-state index contributed by atoms with van der Waals surface area (Å²) in [5.74, 6) is 0.0363. The van der Waals surface area contributed by atoms with E-state index in [0.29, 0.717) is 11.5 Å². The average Bonchev–Trinajstić information content (AvgIpc) is 3.04. The van der Waals surface area contributed by atoms with Crippen molar-refractivity contribution in [3.8, 4) is 0 Å². The number of aromatic nitrogens is 1. The van der Waals surface area contributed by atoms with Gasteiger partial charge in [0, 0.05) is 18.7 Å². The van der Waals surface area contributed by atoms with Crippen LogP contribution in [0.2, 0.25) is 0 Å². The number of pyridine rings is 1. The van der Waals surface area contributed by atoms with E-state index >= 15 is 0 Å². The van der Waals surface area contributed by atoms with Crippen molar-refractivity contribution in [1.82, 2.24) is 5.32 Å². The third-order valence-electron chi connectivity index (χ3n) is 3.37. The predicted molar refractivity (Wildman–Crippen MR) is 94.6 cm³/mol. The molecule has 116 valence electrons. The lowest BCUT2D eigenvalue weighted by Gasteiger charge is -2.13. The van der Waals surface area contributed by atoms with Gasteiger partial charge in [0.15, 0.2) is 17.4 Å². The van der Waals surface area contributed by atoms with Gasteiger partial charge in [-0.2, -0.15) is 4.57 Å². The number of hydrogen-bond acceptors (Lipinski definition) is 3. The van der Waals surface area contributed by atoms with E-state index in [1.54, 1.807) is 0 Å². The molecular formula is C17H21N2OS2+. The summed E-state index contributed by atoms with van der Waals surface area (Å²) in [5, 5.41) is 5.03. The molecule has 2 aromatic rings. The van der Waals surface area contributed by atoms with E-state index in [1.807, 2.05) is 41.4 Å². The molecule has 1 N–H and O–H groups in total. The zero-order valence-electron chi connectivity index (χ0n) is 12.9. The monoisotopic (exact) mass is 333 g/mol. The van der Waals surface area contributed by atoms with Gasteiger partial charge in [0.05, 0.1) is 4.88 Å². The molecule has 22 heavy (non-hydrogen) atoms. The third kappa shape index (κ3) is 3.99. The second-order valence-corrected chi connectivity index (χ2v) is 6.43. The van der Waals surface area contributed by atoms with Crippen molar-refractivity contribution in [1.29, 1.82) is 0 Å². The maximum Gasteiger partial charge on any atom is 0.271 e. The summed E-state index contributed by atoms with van der Waals surface area (Å²) >= 11 is 6.89. The molecule has 0 aliphatic carbocycles. The normalized spacial score (nSPS) is 11.9. The highest BCUT2D eigenvalue weighted by Gasteiger charge is 2.33. The van der Waals surface area contributed by atoms with Crippen LogP contribution in [0.5, 0.6) is 0 Å². The summed E-state index contributed by atoms with van der Waals surface area (Å²) in [4.78, 5) is 14.1. The molecule has 0 bridgehead atoms.